The highest BCUT2D eigenvalue weighted by Gasteiger charge is 2.25. The summed E-state index contributed by atoms with van der Waals surface area (Å²) in [6.45, 7) is 2.51. The smallest absolute Gasteiger partial charge is 0.227 e. The van der Waals surface area contributed by atoms with Crippen LogP contribution in [0.2, 0.25) is 0 Å². The van der Waals surface area contributed by atoms with Crippen LogP contribution in [0.5, 0.6) is 5.75 Å². The van der Waals surface area contributed by atoms with Crippen molar-refractivity contribution in [3.63, 3.8) is 0 Å². The van der Waals surface area contributed by atoms with Gasteiger partial charge in [-0.2, -0.15) is 0 Å². The minimum absolute atomic E-state index is 0.133. The van der Waals surface area contributed by atoms with E-state index in [2.05, 4.69) is 15.3 Å². The number of nitrogens with one attached hydrogen (secondary N) is 1. The Kier molecular flexibility index (Phi) is 6.55. The molecule has 0 bridgehead atoms. The Morgan fingerprint density at radius 1 is 1.23 bits per heavy atom. The predicted octanol–water partition coefficient (Wildman–Crippen LogP) is 2.20. The third kappa shape index (κ3) is 5.02. The molecule has 0 saturated carbocycles. The fourth-order valence-electron chi connectivity index (χ4n) is 3.40. The minimum Gasteiger partial charge on any atom is -0.497 e. The molecule has 1 fully saturated rings. The van der Waals surface area contributed by atoms with Crippen LogP contribution in [0.1, 0.15) is 30.4 Å². The van der Waals surface area contributed by atoms with Crippen LogP contribution in [0.15, 0.2) is 43.0 Å². The molecule has 0 spiro atoms. The number of hydrogen-bond acceptors (Lipinski definition) is 5. The molecule has 138 valence electrons. The van der Waals surface area contributed by atoms with Crippen molar-refractivity contribution in [3.8, 4) is 5.75 Å². The zero-order valence-electron chi connectivity index (χ0n) is 15.2. The Bertz CT molecular complexity index is 700. The quantitative estimate of drug-likeness (QED) is 0.861. The van der Waals surface area contributed by atoms with Crippen molar-refractivity contribution in [2.24, 2.45) is 0 Å². The summed E-state index contributed by atoms with van der Waals surface area (Å²) in [5, 5.41) is 3.42. The second-order valence-corrected chi connectivity index (χ2v) is 6.63. The average Bonchev–Trinajstić information content (AvgIpc) is 2.96. The summed E-state index contributed by atoms with van der Waals surface area (Å²) < 4.78 is 5.28. The molecule has 1 N–H and O–H groups in total. The predicted molar refractivity (Wildman–Crippen MR) is 99.8 cm³/mol. The number of rotatable bonds is 6. The monoisotopic (exact) mass is 354 g/mol. The van der Waals surface area contributed by atoms with E-state index in [0.29, 0.717) is 13.0 Å². The SMILES string of the molecule is COc1cccc(CC(=O)N(Cc2cncnc2)[C@H]2CCCNCC2)c1. The van der Waals surface area contributed by atoms with Gasteiger partial charge in [0.1, 0.15) is 12.1 Å². The first kappa shape index (κ1) is 18.3. The largest absolute Gasteiger partial charge is 0.497 e. The van der Waals surface area contributed by atoms with Crippen LogP contribution in [-0.2, 0) is 17.8 Å². The Labute approximate surface area is 154 Å². The van der Waals surface area contributed by atoms with E-state index in [4.69, 9.17) is 4.74 Å². The van der Waals surface area contributed by atoms with E-state index in [1.165, 1.54) is 6.33 Å². The molecular weight excluding hydrogens is 328 g/mol. The summed E-state index contributed by atoms with van der Waals surface area (Å²) in [7, 11) is 1.64. The average molecular weight is 354 g/mol. The Hall–Kier alpha value is -2.47. The maximum atomic E-state index is 13.2. The van der Waals surface area contributed by atoms with Crippen molar-refractivity contribution in [1.29, 1.82) is 0 Å². The minimum atomic E-state index is 0.133. The van der Waals surface area contributed by atoms with Crippen molar-refractivity contribution in [3.05, 3.63) is 54.1 Å². The molecule has 6 heteroatoms. The van der Waals surface area contributed by atoms with E-state index in [-0.39, 0.29) is 11.9 Å². The number of carbonyl (C=O) groups excluding carboxylic acids is 1. The Morgan fingerprint density at radius 3 is 2.88 bits per heavy atom. The van der Waals surface area contributed by atoms with Crippen LogP contribution >= 0.6 is 0 Å². The lowest BCUT2D eigenvalue weighted by molar-refractivity contribution is -0.133. The van der Waals surface area contributed by atoms with E-state index in [1.54, 1.807) is 19.5 Å². The Balaban J connectivity index is 1.77. The molecule has 0 radical (unpaired) electrons. The number of benzene rings is 1. The molecule has 1 aliphatic rings. The number of methoxy groups -OCH3 is 1. The molecule has 1 aromatic heterocycles. The third-order valence-corrected chi connectivity index (χ3v) is 4.76. The van der Waals surface area contributed by atoms with Crippen molar-refractivity contribution < 1.29 is 9.53 Å². The third-order valence-electron chi connectivity index (χ3n) is 4.76. The number of hydrogen-bond donors (Lipinski definition) is 1. The highest BCUT2D eigenvalue weighted by molar-refractivity contribution is 5.79. The van der Waals surface area contributed by atoms with Crippen LogP contribution in [0.25, 0.3) is 0 Å². The summed E-state index contributed by atoms with van der Waals surface area (Å²) >= 11 is 0. The summed E-state index contributed by atoms with van der Waals surface area (Å²) in [5.41, 5.74) is 1.93. The van der Waals surface area contributed by atoms with E-state index in [1.807, 2.05) is 29.2 Å². The number of ether oxygens (including phenoxy) is 1. The van der Waals surface area contributed by atoms with Gasteiger partial charge in [0.25, 0.3) is 0 Å². The molecule has 1 aliphatic heterocycles. The number of carbonyl (C=O) groups is 1. The van der Waals surface area contributed by atoms with Crippen molar-refractivity contribution in [2.45, 2.75) is 38.3 Å². The number of amides is 1. The maximum absolute atomic E-state index is 13.2. The fourth-order valence-corrected chi connectivity index (χ4v) is 3.40. The van der Waals surface area contributed by atoms with Gasteiger partial charge in [0.2, 0.25) is 5.91 Å². The van der Waals surface area contributed by atoms with Gasteiger partial charge in [-0.05, 0) is 50.0 Å². The van der Waals surface area contributed by atoms with Gasteiger partial charge < -0.3 is 15.0 Å². The molecule has 1 aromatic carbocycles. The molecule has 2 aromatic rings. The number of nitrogens with zero attached hydrogens (tertiary/aromatic N) is 3. The lowest BCUT2D eigenvalue weighted by Gasteiger charge is -2.31. The van der Waals surface area contributed by atoms with E-state index in [9.17, 15) is 4.79 Å². The molecule has 1 atom stereocenters. The van der Waals surface area contributed by atoms with Crippen LogP contribution in [0, 0.1) is 0 Å². The first-order chi connectivity index (χ1) is 12.8. The summed E-state index contributed by atoms with van der Waals surface area (Å²) in [6.07, 6.45) is 8.53. The van der Waals surface area contributed by atoms with Crippen molar-refractivity contribution in [1.82, 2.24) is 20.2 Å². The van der Waals surface area contributed by atoms with Gasteiger partial charge in [0, 0.05) is 30.5 Å². The fraction of sp³-hybridized carbons (Fsp3) is 0.450. The molecular formula is C20H26N4O2. The lowest BCUT2D eigenvalue weighted by Crippen LogP contribution is -2.41. The van der Waals surface area contributed by atoms with Gasteiger partial charge >= 0.3 is 0 Å². The van der Waals surface area contributed by atoms with E-state index in [0.717, 1.165) is 49.2 Å². The van der Waals surface area contributed by atoms with Gasteiger partial charge in [0.05, 0.1) is 13.5 Å². The molecule has 2 heterocycles. The van der Waals surface area contributed by atoms with Crippen LogP contribution in [-0.4, -0.2) is 47.0 Å². The zero-order chi connectivity index (χ0) is 18.2. The van der Waals surface area contributed by atoms with Crippen LogP contribution in [0.4, 0.5) is 0 Å². The summed E-state index contributed by atoms with van der Waals surface area (Å²) in [4.78, 5) is 23.3. The first-order valence-corrected chi connectivity index (χ1v) is 9.13. The highest BCUT2D eigenvalue weighted by atomic mass is 16.5. The molecule has 6 nitrogen and oxygen atoms in total. The van der Waals surface area contributed by atoms with Gasteiger partial charge in [-0.1, -0.05) is 12.1 Å². The van der Waals surface area contributed by atoms with Crippen LogP contribution < -0.4 is 10.1 Å². The van der Waals surface area contributed by atoms with Crippen LogP contribution in [0.3, 0.4) is 0 Å². The van der Waals surface area contributed by atoms with Gasteiger partial charge in [-0.3, -0.25) is 4.79 Å². The van der Waals surface area contributed by atoms with E-state index >= 15 is 0 Å². The van der Waals surface area contributed by atoms with Gasteiger partial charge in [0.15, 0.2) is 0 Å². The highest BCUT2D eigenvalue weighted by Crippen LogP contribution is 2.19. The van der Waals surface area contributed by atoms with Gasteiger partial charge in [-0.25, -0.2) is 9.97 Å². The molecule has 0 unspecified atom stereocenters. The lowest BCUT2D eigenvalue weighted by atomic mass is 10.0. The standard InChI is InChI=1S/C20H26N4O2/c1-26-19-6-2-4-16(10-19)11-20(25)24(14-17-12-22-15-23-13-17)18-5-3-8-21-9-7-18/h2,4,6,10,12-13,15,18,21H,3,5,7-9,11,14H2,1H3/t18-/m0/s1. The zero-order valence-corrected chi connectivity index (χ0v) is 15.2. The van der Waals surface area contributed by atoms with Crippen molar-refractivity contribution >= 4 is 5.91 Å². The topological polar surface area (TPSA) is 67.3 Å². The first-order valence-electron chi connectivity index (χ1n) is 9.13. The molecule has 1 amide bonds. The van der Waals surface area contributed by atoms with Crippen molar-refractivity contribution in [2.75, 3.05) is 20.2 Å². The maximum Gasteiger partial charge on any atom is 0.227 e. The molecule has 1 saturated heterocycles. The molecule has 3 rings (SSSR count). The van der Waals surface area contributed by atoms with E-state index < -0.39 is 0 Å². The second-order valence-electron chi connectivity index (χ2n) is 6.63. The Morgan fingerprint density at radius 2 is 2.08 bits per heavy atom. The molecule has 26 heavy (non-hydrogen) atoms. The molecule has 0 aliphatic carbocycles. The normalized spacial score (nSPS) is 17.3. The van der Waals surface area contributed by atoms with Gasteiger partial charge in [-0.15, -0.1) is 0 Å². The summed E-state index contributed by atoms with van der Waals surface area (Å²) in [5.74, 6) is 0.908. The number of aromatic nitrogens is 2. The second kappa shape index (κ2) is 9.29. The summed E-state index contributed by atoms with van der Waals surface area (Å²) in [6, 6.07) is 7.95.